The Hall–Kier alpha value is -2.74. The van der Waals surface area contributed by atoms with Gasteiger partial charge in [0.1, 0.15) is 6.10 Å². The van der Waals surface area contributed by atoms with Crippen molar-refractivity contribution in [3.63, 3.8) is 0 Å². The van der Waals surface area contributed by atoms with Crippen LogP contribution in [0.3, 0.4) is 0 Å². The molecule has 3 heterocycles. The van der Waals surface area contributed by atoms with Crippen LogP contribution in [0.15, 0.2) is 24.4 Å². The summed E-state index contributed by atoms with van der Waals surface area (Å²) in [5, 5.41) is 16.0. The number of amides is 1. The number of hydrogen-bond acceptors (Lipinski definition) is 5. The highest BCUT2D eigenvalue weighted by Gasteiger charge is 2.34. The molecule has 2 aromatic heterocycles. The van der Waals surface area contributed by atoms with E-state index in [4.69, 9.17) is 9.84 Å². The molecular formula is C17H20N4O4. The molecule has 1 aliphatic heterocycles. The highest BCUT2D eigenvalue weighted by atomic mass is 16.5. The Morgan fingerprint density at radius 1 is 1.32 bits per heavy atom. The molecule has 25 heavy (non-hydrogen) atoms. The van der Waals surface area contributed by atoms with Crippen molar-refractivity contribution >= 4 is 11.9 Å². The Kier molecular flexibility index (Phi) is 4.80. The lowest BCUT2D eigenvalue weighted by atomic mass is 10.2. The van der Waals surface area contributed by atoms with E-state index in [0.29, 0.717) is 25.2 Å². The first-order valence-electron chi connectivity index (χ1n) is 8.08. The normalized spacial score (nSPS) is 19.8. The third-order valence-corrected chi connectivity index (χ3v) is 4.09. The van der Waals surface area contributed by atoms with Crippen molar-refractivity contribution < 1.29 is 19.4 Å². The minimum absolute atomic E-state index is 0.300. The molecule has 0 radical (unpaired) electrons. The molecule has 0 aliphatic carbocycles. The summed E-state index contributed by atoms with van der Waals surface area (Å²) in [5.41, 5.74) is 2.76. The van der Waals surface area contributed by atoms with E-state index in [0.717, 1.165) is 17.0 Å². The van der Waals surface area contributed by atoms with Gasteiger partial charge in [-0.1, -0.05) is 6.07 Å². The molecule has 8 nitrogen and oxygen atoms in total. The predicted octanol–water partition coefficient (Wildman–Crippen LogP) is 1.13. The molecule has 2 aromatic rings. The zero-order valence-electron chi connectivity index (χ0n) is 14.1. The molecule has 1 saturated heterocycles. The maximum absolute atomic E-state index is 12.1. The van der Waals surface area contributed by atoms with Gasteiger partial charge in [-0.15, -0.1) is 0 Å². The highest BCUT2D eigenvalue weighted by Crippen LogP contribution is 2.20. The Morgan fingerprint density at radius 3 is 2.64 bits per heavy atom. The van der Waals surface area contributed by atoms with Crippen LogP contribution in [0.5, 0.6) is 0 Å². The van der Waals surface area contributed by atoms with Crippen molar-refractivity contribution in [1.82, 2.24) is 20.1 Å². The molecule has 1 aliphatic rings. The third-order valence-electron chi connectivity index (χ3n) is 4.09. The molecule has 0 unspecified atom stereocenters. The number of aryl methyl sites for hydroxylation is 2. The van der Waals surface area contributed by atoms with Crippen molar-refractivity contribution in [1.29, 1.82) is 0 Å². The van der Waals surface area contributed by atoms with E-state index in [1.807, 2.05) is 32.0 Å². The Balaban J connectivity index is 1.56. The number of carboxylic acid groups (broad SMARTS) is 1. The Labute approximate surface area is 144 Å². The van der Waals surface area contributed by atoms with E-state index >= 15 is 0 Å². The van der Waals surface area contributed by atoms with Gasteiger partial charge in [-0.05, 0) is 44.4 Å². The number of carboxylic acids is 1. The lowest BCUT2D eigenvalue weighted by molar-refractivity contribution is -0.151. The molecular weight excluding hydrogens is 324 g/mol. The first-order valence-corrected chi connectivity index (χ1v) is 8.08. The highest BCUT2D eigenvalue weighted by molar-refractivity contribution is 5.82. The van der Waals surface area contributed by atoms with Crippen LogP contribution in [-0.2, 0) is 20.9 Å². The molecule has 0 spiro atoms. The molecule has 132 valence electrons. The van der Waals surface area contributed by atoms with E-state index in [9.17, 15) is 9.59 Å². The van der Waals surface area contributed by atoms with Crippen molar-refractivity contribution in [2.45, 2.75) is 45.4 Å². The molecule has 8 heteroatoms. The topological polar surface area (TPSA) is 106 Å². The second-order valence-electron chi connectivity index (χ2n) is 6.11. The van der Waals surface area contributed by atoms with Gasteiger partial charge in [-0.2, -0.15) is 5.10 Å². The van der Waals surface area contributed by atoms with Crippen molar-refractivity contribution in [3.8, 4) is 5.82 Å². The van der Waals surface area contributed by atoms with Gasteiger partial charge in [-0.3, -0.25) is 4.79 Å². The molecule has 2 N–H and O–H groups in total. The summed E-state index contributed by atoms with van der Waals surface area (Å²) < 4.78 is 6.99. The number of nitrogens with zero attached hydrogens (tertiary/aromatic N) is 3. The standard InChI is InChI=1S/C17H20N4O4/c1-10-7-11(2)21(20-10)15-6-3-12(8-18-15)9-19-16(22)13-4-5-14(25-13)17(23)24/h3,6-8,13-14H,4-5,9H2,1-2H3,(H,19,22)(H,23,24)/t13-,14+/m0/s1. The second kappa shape index (κ2) is 7.02. The molecule has 0 bridgehead atoms. The number of nitrogens with one attached hydrogen (secondary N) is 1. The van der Waals surface area contributed by atoms with E-state index < -0.39 is 18.2 Å². The first-order chi connectivity index (χ1) is 11.9. The van der Waals surface area contributed by atoms with E-state index in [-0.39, 0.29) is 5.91 Å². The van der Waals surface area contributed by atoms with Crippen LogP contribution in [0.1, 0.15) is 29.8 Å². The summed E-state index contributed by atoms with van der Waals surface area (Å²) >= 11 is 0. The Morgan fingerprint density at radius 2 is 2.08 bits per heavy atom. The number of hydrogen-bond donors (Lipinski definition) is 2. The lowest BCUT2D eigenvalue weighted by Gasteiger charge is -2.12. The van der Waals surface area contributed by atoms with Gasteiger partial charge >= 0.3 is 5.97 Å². The van der Waals surface area contributed by atoms with Crippen LogP contribution < -0.4 is 5.32 Å². The van der Waals surface area contributed by atoms with Gasteiger partial charge in [0.2, 0.25) is 5.91 Å². The van der Waals surface area contributed by atoms with Crippen LogP contribution in [-0.4, -0.2) is 44.0 Å². The monoisotopic (exact) mass is 344 g/mol. The minimum atomic E-state index is -1.03. The smallest absolute Gasteiger partial charge is 0.332 e. The van der Waals surface area contributed by atoms with Crippen LogP contribution in [0.4, 0.5) is 0 Å². The third kappa shape index (κ3) is 3.85. The average molecular weight is 344 g/mol. The van der Waals surface area contributed by atoms with Gasteiger partial charge < -0.3 is 15.2 Å². The van der Waals surface area contributed by atoms with Crippen LogP contribution in [0.25, 0.3) is 5.82 Å². The number of carbonyl (C=O) groups is 2. The fourth-order valence-corrected chi connectivity index (χ4v) is 2.82. The molecule has 1 fully saturated rings. The van der Waals surface area contributed by atoms with Gasteiger partial charge in [0.25, 0.3) is 0 Å². The molecule has 2 atom stereocenters. The van der Waals surface area contributed by atoms with E-state index in [1.54, 1.807) is 10.9 Å². The Bertz CT molecular complexity index is 784. The van der Waals surface area contributed by atoms with E-state index in [1.165, 1.54) is 0 Å². The predicted molar refractivity (Wildman–Crippen MR) is 88.2 cm³/mol. The first kappa shape index (κ1) is 17.1. The maximum atomic E-state index is 12.1. The van der Waals surface area contributed by atoms with Gasteiger partial charge in [-0.25, -0.2) is 14.5 Å². The van der Waals surface area contributed by atoms with Gasteiger partial charge in [0, 0.05) is 18.4 Å². The van der Waals surface area contributed by atoms with Crippen molar-refractivity contribution in [2.24, 2.45) is 0 Å². The molecule has 0 saturated carbocycles. The fourth-order valence-electron chi connectivity index (χ4n) is 2.82. The van der Waals surface area contributed by atoms with Crippen molar-refractivity contribution in [3.05, 3.63) is 41.3 Å². The number of pyridine rings is 1. The van der Waals surface area contributed by atoms with Crippen LogP contribution in [0, 0.1) is 13.8 Å². The molecule has 0 aromatic carbocycles. The minimum Gasteiger partial charge on any atom is -0.479 e. The summed E-state index contributed by atoms with van der Waals surface area (Å²) in [7, 11) is 0. The van der Waals surface area contributed by atoms with Gasteiger partial charge in [0.15, 0.2) is 11.9 Å². The zero-order valence-corrected chi connectivity index (χ0v) is 14.1. The van der Waals surface area contributed by atoms with Gasteiger partial charge in [0.05, 0.1) is 5.69 Å². The summed E-state index contributed by atoms with van der Waals surface area (Å²) in [5.74, 6) is -0.616. The average Bonchev–Trinajstić information content (AvgIpc) is 3.20. The number of aromatic nitrogens is 3. The largest absolute Gasteiger partial charge is 0.479 e. The lowest BCUT2D eigenvalue weighted by Crippen LogP contribution is -2.35. The quantitative estimate of drug-likeness (QED) is 0.842. The summed E-state index contributed by atoms with van der Waals surface area (Å²) in [6, 6.07) is 5.68. The van der Waals surface area contributed by atoms with Crippen LogP contribution in [0.2, 0.25) is 0 Å². The second-order valence-corrected chi connectivity index (χ2v) is 6.11. The maximum Gasteiger partial charge on any atom is 0.332 e. The van der Waals surface area contributed by atoms with Crippen LogP contribution >= 0.6 is 0 Å². The summed E-state index contributed by atoms with van der Waals surface area (Å²) in [6.45, 7) is 4.19. The number of carbonyl (C=O) groups excluding carboxylic acids is 1. The zero-order chi connectivity index (χ0) is 18.0. The summed E-state index contributed by atoms with van der Waals surface area (Å²) in [4.78, 5) is 27.3. The molecule has 3 rings (SSSR count). The number of rotatable bonds is 5. The number of aliphatic carboxylic acids is 1. The SMILES string of the molecule is Cc1cc(C)n(-c2ccc(CNC(=O)[C@@H]3CC[C@H](C(=O)O)O3)cn2)n1. The number of ether oxygens (including phenoxy) is 1. The van der Waals surface area contributed by atoms with Crippen molar-refractivity contribution in [2.75, 3.05) is 0 Å². The molecule has 1 amide bonds. The van der Waals surface area contributed by atoms with E-state index in [2.05, 4.69) is 15.4 Å². The summed E-state index contributed by atoms with van der Waals surface area (Å²) in [6.07, 6.45) is 0.853. The fraction of sp³-hybridized carbons (Fsp3) is 0.412.